The summed E-state index contributed by atoms with van der Waals surface area (Å²) < 4.78 is 26.2. The first kappa shape index (κ1) is 14.7. The second-order valence-corrected chi connectivity index (χ2v) is 6.68. The summed E-state index contributed by atoms with van der Waals surface area (Å²) in [6, 6.07) is 3.35. The molecule has 1 aromatic carbocycles. The number of nitrogens with two attached hydrogens (primary N) is 1. The lowest BCUT2D eigenvalue weighted by atomic mass is 10.1. The topological polar surface area (TPSA) is 63.4 Å². The Bertz CT molecular complexity index is 554. The van der Waals surface area contributed by atoms with Gasteiger partial charge in [0.05, 0.1) is 4.90 Å². The fourth-order valence-electron chi connectivity index (χ4n) is 2.01. The SMILES string of the molecule is C=C(C)CN(C)S(=O)(=O)c1c(C)cc(N)cc1C. The van der Waals surface area contributed by atoms with E-state index in [9.17, 15) is 8.42 Å². The van der Waals surface area contributed by atoms with E-state index in [1.165, 1.54) is 4.31 Å². The number of hydrogen-bond donors (Lipinski definition) is 1. The number of nitrogen functional groups attached to an aromatic ring is 1. The fraction of sp³-hybridized carbons (Fsp3) is 0.385. The highest BCUT2D eigenvalue weighted by molar-refractivity contribution is 7.89. The molecular formula is C13H20N2O2S. The molecule has 18 heavy (non-hydrogen) atoms. The van der Waals surface area contributed by atoms with Gasteiger partial charge in [0, 0.05) is 19.3 Å². The molecule has 5 heteroatoms. The van der Waals surface area contributed by atoms with Gasteiger partial charge in [0.2, 0.25) is 10.0 Å². The first-order valence-electron chi connectivity index (χ1n) is 5.63. The molecule has 0 saturated heterocycles. The number of nitrogens with zero attached hydrogens (tertiary/aromatic N) is 1. The number of anilines is 1. The molecule has 0 atom stereocenters. The molecule has 0 amide bonds. The molecule has 4 nitrogen and oxygen atoms in total. The Morgan fingerprint density at radius 1 is 1.33 bits per heavy atom. The first-order chi connectivity index (χ1) is 8.16. The lowest BCUT2D eigenvalue weighted by Gasteiger charge is -2.20. The van der Waals surface area contributed by atoms with Crippen LogP contribution in [-0.4, -0.2) is 26.3 Å². The van der Waals surface area contributed by atoms with E-state index in [1.54, 1.807) is 40.0 Å². The summed E-state index contributed by atoms with van der Waals surface area (Å²) in [5, 5.41) is 0. The highest BCUT2D eigenvalue weighted by atomic mass is 32.2. The maximum atomic E-state index is 12.5. The summed E-state index contributed by atoms with van der Waals surface area (Å²) >= 11 is 0. The van der Waals surface area contributed by atoms with E-state index in [-0.39, 0.29) is 0 Å². The van der Waals surface area contributed by atoms with Gasteiger partial charge in [0.1, 0.15) is 0 Å². The van der Waals surface area contributed by atoms with Crippen LogP contribution < -0.4 is 5.73 Å². The fourth-order valence-corrected chi connectivity index (χ4v) is 3.65. The van der Waals surface area contributed by atoms with E-state index in [0.29, 0.717) is 28.3 Å². The summed E-state index contributed by atoms with van der Waals surface area (Å²) in [5.74, 6) is 0. The molecular weight excluding hydrogens is 248 g/mol. The second kappa shape index (κ2) is 5.12. The molecule has 0 bridgehead atoms. The molecule has 0 aliphatic carbocycles. The van der Waals surface area contributed by atoms with Crippen molar-refractivity contribution in [3.63, 3.8) is 0 Å². The first-order valence-corrected chi connectivity index (χ1v) is 7.07. The summed E-state index contributed by atoms with van der Waals surface area (Å²) in [4.78, 5) is 0.334. The third kappa shape index (κ3) is 2.91. The van der Waals surface area contributed by atoms with Gasteiger partial charge in [0.25, 0.3) is 0 Å². The van der Waals surface area contributed by atoms with Crippen molar-refractivity contribution in [3.05, 3.63) is 35.4 Å². The molecule has 0 saturated carbocycles. The number of sulfonamides is 1. The smallest absolute Gasteiger partial charge is 0.243 e. The molecule has 0 aromatic heterocycles. The zero-order valence-electron chi connectivity index (χ0n) is 11.3. The van der Waals surface area contributed by atoms with Crippen LogP contribution >= 0.6 is 0 Å². The third-order valence-corrected chi connectivity index (χ3v) is 4.75. The molecule has 0 aliphatic heterocycles. The monoisotopic (exact) mass is 268 g/mol. The van der Waals surface area contributed by atoms with E-state index in [4.69, 9.17) is 5.73 Å². The average molecular weight is 268 g/mol. The number of likely N-dealkylation sites (N-methyl/N-ethyl adjacent to an activating group) is 1. The van der Waals surface area contributed by atoms with Gasteiger partial charge in [-0.25, -0.2) is 8.42 Å². The number of hydrogen-bond acceptors (Lipinski definition) is 3. The quantitative estimate of drug-likeness (QED) is 0.671. The Kier molecular flexibility index (Phi) is 4.19. The summed E-state index contributed by atoms with van der Waals surface area (Å²) in [6.07, 6.45) is 0. The Balaban J connectivity index is 3.33. The Labute approximate surface area is 109 Å². The highest BCUT2D eigenvalue weighted by Crippen LogP contribution is 2.25. The Hall–Kier alpha value is -1.33. The van der Waals surface area contributed by atoms with Crippen molar-refractivity contribution in [1.29, 1.82) is 0 Å². The number of benzene rings is 1. The maximum Gasteiger partial charge on any atom is 0.243 e. The standard InChI is InChI=1S/C13H20N2O2S/c1-9(2)8-15(5)18(16,17)13-10(3)6-12(14)7-11(13)4/h6-7H,1,8,14H2,2-5H3. The highest BCUT2D eigenvalue weighted by Gasteiger charge is 2.24. The molecule has 100 valence electrons. The molecule has 0 fully saturated rings. The van der Waals surface area contributed by atoms with E-state index in [0.717, 1.165) is 5.57 Å². The largest absolute Gasteiger partial charge is 0.399 e. The minimum atomic E-state index is -3.50. The van der Waals surface area contributed by atoms with Gasteiger partial charge >= 0.3 is 0 Å². The molecule has 0 unspecified atom stereocenters. The van der Waals surface area contributed by atoms with Crippen LogP contribution in [0.4, 0.5) is 5.69 Å². The van der Waals surface area contributed by atoms with E-state index in [2.05, 4.69) is 6.58 Å². The molecule has 2 N–H and O–H groups in total. The molecule has 0 radical (unpaired) electrons. The maximum absolute atomic E-state index is 12.5. The van der Waals surface area contributed by atoms with Gasteiger partial charge in [-0.05, 0) is 44.0 Å². The second-order valence-electron chi connectivity index (χ2n) is 4.70. The van der Waals surface area contributed by atoms with Crippen molar-refractivity contribution in [3.8, 4) is 0 Å². The van der Waals surface area contributed by atoms with E-state index >= 15 is 0 Å². The Morgan fingerprint density at radius 3 is 2.17 bits per heavy atom. The van der Waals surface area contributed by atoms with Gasteiger partial charge in [-0.15, -0.1) is 0 Å². The third-order valence-electron chi connectivity index (χ3n) is 2.64. The van der Waals surface area contributed by atoms with Crippen molar-refractivity contribution in [2.24, 2.45) is 0 Å². The number of rotatable bonds is 4. The lowest BCUT2D eigenvalue weighted by Crippen LogP contribution is -2.29. The average Bonchev–Trinajstić information content (AvgIpc) is 2.13. The number of aryl methyl sites for hydroxylation is 2. The molecule has 1 aromatic rings. The molecule has 0 spiro atoms. The summed E-state index contributed by atoms with van der Waals surface area (Å²) in [6.45, 7) is 9.36. The van der Waals surface area contributed by atoms with Gasteiger partial charge < -0.3 is 5.73 Å². The molecule has 1 rings (SSSR count). The van der Waals surface area contributed by atoms with Crippen LogP contribution in [0.25, 0.3) is 0 Å². The minimum absolute atomic E-state index is 0.311. The van der Waals surface area contributed by atoms with Crippen LogP contribution in [-0.2, 0) is 10.0 Å². The van der Waals surface area contributed by atoms with Crippen LogP contribution in [0.5, 0.6) is 0 Å². The van der Waals surface area contributed by atoms with Crippen molar-refractivity contribution in [1.82, 2.24) is 4.31 Å². The molecule has 0 aliphatic rings. The predicted octanol–water partition coefficient (Wildman–Crippen LogP) is 2.08. The van der Waals surface area contributed by atoms with Crippen LogP contribution in [0.1, 0.15) is 18.1 Å². The van der Waals surface area contributed by atoms with Crippen LogP contribution in [0.3, 0.4) is 0 Å². The normalized spacial score (nSPS) is 11.8. The van der Waals surface area contributed by atoms with Crippen molar-refractivity contribution in [2.75, 3.05) is 19.3 Å². The van der Waals surface area contributed by atoms with Gasteiger partial charge in [-0.3, -0.25) is 0 Å². The van der Waals surface area contributed by atoms with Crippen LogP contribution in [0, 0.1) is 13.8 Å². The van der Waals surface area contributed by atoms with Crippen molar-refractivity contribution < 1.29 is 8.42 Å². The minimum Gasteiger partial charge on any atom is -0.399 e. The van der Waals surface area contributed by atoms with Crippen LogP contribution in [0.2, 0.25) is 0 Å². The summed E-state index contributed by atoms with van der Waals surface area (Å²) in [7, 11) is -1.94. The summed E-state index contributed by atoms with van der Waals surface area (Å²) in [5.41, 5.74) is 8.41. The van der Waals surface area contributed by atoms with Crippen LogP contribution in [0.15, 0.2) is 29.2 Å². The van der Waals surface area contributed by atoms with E-state index in [1.807, 2.05) is 0 Å². The van der Waals surface area contributed by atoms with Gasteiger partial charge in [-0.2, -0.15) is 4.31 Å². The molecule has 0 heterocycles. The zero-order valence-corrected chi connectivity index (χ0v) is 12.1. The zero-order chi connectivity index (χ0) is 14.1. The lowest BCUT2D eigenvalue weighted by molar-refractivity contribution is 0.492. The van der Waals surface area contributed by atoms with Gasteiger partial charge in [-0.1, -0.05) is 12.2 Å². The van der Waals surface area contributed by atoms with Crippen molar-refractivity contribution in [2.45, 2.75) is 25.7 Å². The van der Waals surface area contributed by atoms with E-state index < -0.39 is 10.0 Å². The predicted molar refractivity (Wildman–Crippen MR) is 75.0 cm³/mol. The Morgan fingerprint density at radius 2 is 1.78 bits per heavy atom. The van der Waals surface area contributed by atoms with Crippen molar-refractivity contribution >= 4 is 15.7 Å². The van der Waals surface area contributed by atoms with Gasteiger partial charge in [0.15, 0.2) is 0 Å².